The molecule has 0 fully saturated rings. The van der Waals surface area contributed by atoms with Crippen LogP contribution < -0.4 is 24.3 Å². The maximum atomic E-state index is 13.4. The quantitative estimate of drug-likeness (QED) is 0.122. The molecule has 0 saturated carbocycles. The Balaban J connectivity index is 1.38. The highest BCUT2D eigenvalue weighted by molar-refractivity contribution is 5.96. The first kappa shape index (κ1) is 33.8. The lowest BCUT2D eigenvalue weighted by Gasteiger charge is -2.19. The molecule has 0 bridgehead atoms. The van der Waals surface area contributed by atoms with Crippen molar-refractivity contribution in [3.8, 4) is 34.1 Å². The van der Waals surface area contributed by atoms with E-state index in [-0.39, 0.29) is 44.2 Å². The molecule has 0 spiro atoms. The summed E-state index contributed by atoms with van der Waals surface area (Å²) in [6, 6.07) is 22.2. The fraction of sp³-hybridized carbons (Fsp3) is 0.270. The second-order valence-corrected chi connectivity index (χ2v) is 11.2. The van der Waals surface area contributed by atoms with Crippen molar-refractivity contribution < 1.29 is 47.9 Å². The van der Waals surface area contributed by atoms with Crippen LogP contribution in [0.4, 0.5) is 4.39 Å². The molecule has 11 heteroatoms. The number of carboxylic acids is 2. The van der Waals surface area contributed by atoms with Crippen LogP contribution in [0.25, 0.3) is 11.1 Å². The zero-order valence-corrected chi connectivity index (χ0v) is 26.2. The maximum Gasteiger partial charge on any atom is 0.303 e. The first-order valence-electron chi connectivity index (χ1n) is 15.6. The van der Waals surface area contributed by atoms with E-state index < -0.39 is 11.9 Å². The third kappa shape index (κ3) is 9.47. The van der Waals surface area contributed by atoms with Crippen molar-refractivity contribution >= 4 is 17.8 Å². The third-order valence-electron chi connectivity index (χ3n) is 7.66. The van der Waals surface area contributed by atoms with E-state index in [0.717, 1.165) is 11.1 Å². The number of rotatable bonds is 16. The summed E-state index contributed by atoms with van der Waals surface area (Å²) in [5, 5.41) is 21.2. The van der Waals surface area contributed by atoms with E-state index in [9.17, 15) is 23.9 Å². The third-order valence-corrected chi connectivity index (χ3v) is 7.66. The molecule has 0 aliphatic carbocycles. The van der Waals surface area contributed by atoms with E-state index in [1.807, 2.05) is 30.3 Å². The number of carboxylic acid groups (broad SMARTS) is 2. The molecule has 0 saturated heterocycles. The van der Waals surface area contributed by atoms with Gasteiger partial charge in [0.2, 0.25) is 0 Å². The molecule has 1 heterocycles. The van der Waals surface area contributed by atoms with Gasteiger partial charge < -0.3 is 34.5 Å². The average molecular weight is 658 g/mol. The topological polar surface area (TPSA) is 141 Å². The smallest absolute Gasteiger partial charge is 0.303 e. The fourth-order valence-electron chi connectivity index (χ4n) is 5.24. The van der Waals surface area contributed by atoms with E-state index in [2.05, 4.69) is 5.32 Å². The van der Waals surface area contributed by atoms with Crippen LogP contribution in [0.1, 0.15) is 46.3 Å². The number of fused-ring (bicyclic) bond motifs is 1. The standard InChI is InChI=1S/C37H36FNO9/c38-29-9-6-24(7-10-29)14-15-39-37(44)28-19-27(25-8-12-33-34(22-25)47-18-17-46-33)20-30(21-28)48-23-26-3-1-4-32(31(26)11-13-36(42)43)45-16-2-5-35(40)41/h1,3-4,6-10,12,19-22H,2,5,11,13-18,23H2,(H,39,44)(H,40,41)(H,42,43). The highest BCUT2D eigenvalue weighted by Gasteiger charge is 2.17. The summed E-state index contributed by atoms with van der Waals surface area (Å²) in [6.07, 6.45) is 0.822. The molecule has 4 aromatic carbocycles. The summed E-state index contributed by atoms with van der Waals surface area (Å²) < 4.78 is 36.8. The Morgan fingerprint density at radius 2 is 1.56 bits per heavy atom. The molecule has 1 aliphatic rings. The van der Waals surface area contributed by atoms with Crippen molar-refractivity contribution in [2.75, 3.05) is 26.4 Å². The first-order chi connectivity index (χ1) is 23.2. The molecular formula is C37H36FNO9. The number of benzene rings is 4. The molecule has 0 aromatic heterocycles. The Kier molecular flexibility index (Phi) is 11.5. The number of carbonyl (C=O) groups is 3. The number of aliphatic carboxylic acids is 2. The zero-order chi connectivity index (χ0) is 33.9. The summed E-state index contributed by atoms with van der Waals surface area (Å²) in [7, 11) is 0. The molecule has 10 nitrogen and oxygen atoms in total. The highest BCUT2D eigenvalue weighted by Crippen LogP contribution is 2.36. The van der Waals surface area contributed by atoms with Crippen LogP contribution in [0.3, 0.4) is 0 Å². The maximum absolute atomic E-state index is 13.4. The average Bonchev–Trinajstić information content (AvgIpc) is 3.09. The molecule has 0 radical (unpaired) electrons. The van der Waals surface area contributed by atoms with Gasteiger partial charge in [0.15, 0.2) is 11.5 Å². The number of carbonyl (C=O) groups excluding carboxylic acids is 1. The van der Waals surface area contributed by atoms with E-state index >= 15 is 0 Å². The summed E-state index contributed by atoms with van der Waals surface area (Å²) in [5.41, 5.74) is 4.08. The largest absolute Gasteiger partial charge is 0.493 e. The van der Waals surface area contributed by atoms with Gasteiger partial charge in [0.25, 0.3) is 5.91 Å². The van der Waals surface area contributed by atoms with Crippen LogP contribution in [0.2, 0.25) is 0 Å². The Bertz CT molecular complexity index is 1760. The van der Waals surface area contributed by atoms with Gasteiger partial charge in [-0.2, -0.15) is 0 Å². The van der Waals surface area contributed by atoms with Crippen molar-refractivity contribution in [1.29, 1.82) is 0 Å². The lowest BCUT2D eigenvalue weighted by Crippen LogP contribution is -2.25. The lowest BCUT2D eigenvalue weighted by molar-refractivity contribution is -0.138. The molecule has 4 aromatic rings. The van der Waals surface area contributed by atoms with Crippen molar-refractivity contribution in [2.24, 2.45) is 0 Å². The summed E-state index contributed by atoms with van der Waals surface area (Å²) in [5.74, 6) is -0.433. The fourth-order valence-corrected chi connectivity index (χ4v) is 5.24. The normalized spacial score (nSPS) is 11.9. The van der Waals surface area contributed by atoms with Gasteiger partial charge in [-0.3, -0.25) is 14.4 Å². The van der Waals surface area contributed by atoms with E-state index in [0.29, 0.717) is 77.9 Å². The summed E-state index contributed by atoms with van der Waals surface area (Å²) in [4.78, 5) is 35.7. The highest BCUT2D eigenvalue weighted by atomic mass is 19.1. The van der Waals surface area contributed by atoms with Crippen LogP contribution in [-0.4, -0.2) is 54.4 Å². The van der Waals surface area contributed by atoms with Crippen LogP contribution in [0.15, 0.2) is 78.9 Å². The minimum absolute atomic E-state index is 0.0465. The molecule has 0 atom stereocenters. The Morgan fingerprint density at radius 1 is 0.792 bits per heavy atom. The Morgan fingerprint density at radius 3 is 2.33 bits per heavy atom. The van der Waals surface area contributed by atoms with Gasteiger partial charge >= 0.3 is 11.9 Å². The van der Waals surface area contributed by atoms with E-state index in [1.54, 1.807) is 36.4 Å². The minimum Gasteiger partial charge on any atom is -0.493 e. The van der Waals surface area contributed by atoms with Gasteiger partial charge in [-0.05, 0) is 90.0 Å². The molecule has 1 aliphatic heterocycles. The number of hydrogen-bond acceptors (Lipinski definition) is 7. The second-order valence-electron chi connectivity index (χ2n) is 11.2. The van der Waals surface area contributed by atoms with Crippen LogP contribution >= 0.6 is 0 Å². The summed E-state index contributed by atoms with van der Waals surface area (Å²) >= 11 is 0. The first-order valence-corrected chi connectivity index (χ1v) is 15.6. The van der Waals surface area contributed by atoms with E-state index in [1.165, 1.54) is 12.1 Å². The van der Waals surface area contributed by atoms with Crippen LogP contribution in [0.5, 0.6) is 23.0 Å². The lowest BCUT2D eigenvalue weighted by atomic mass is 10.0. The van der Waals surface area contributed by atoms with Crippen molar-refractivity contribution in [3.05, 3.63) is 107 Å². The molecule has 250 valence electrons. The number of hydrogen-bond donors (Lipinski definition) is 3. The molecule has 0 unspecified atom stereocenters. The number of halogens is 1. The minimum atomic E-state index is -0.968. The summed E-state index contributed by atoms with van der Waals surface area (Å²) in [6.45, 7) is 1.43. The number of amides is 1. The second kappa shape index (κ2) is 16.3. The molecule has 1 amide bonds. The Labute approximate surface area is 277 Å². The van der Waals surface area contributed by atoms with Crippen molar-refractivity contribution in [1.82, 2.24) is 5.32 Å². The monoisotopic (exact) mass is 657 g/mol. The molecule has 5 rings (SSSR count). The molecule has 3 N–H and O–H groups in total. The SMILES string of the molecule is O=C(O)CCCOc1cccc(COc2cc(C(=O)NCCc3ccc(F)cc3)cc(-c3ccc4c(c3)OCCO4)c2)c1CCC(=O)O. The predicted octanol–water partition coefficient (Wildman–Crippen LogP) is 6.08. The zero-order valence-electron chi connectivity index (χ0n) is 26.2. The van der Waals surface area contributed by atoms with Crippen LogP contribution in [0, 0.1) is 5.82 Å². The molecule has 48 heavy (non-hydrogen) atoms. The van der Waals surface area contributed by atoms with Gasteiger partial charge in [-0.15, -0.1) is 0 Å². The van der Waals surface area contributed by atoms with Crippen molar-refractivity contribution in [2.45, 2.75) is 38.7 Å². The van der Waals surface area contributed by atoms with Crippen molar-refractivity contribution in [3.63, 3.8) is 0 Å². The van der Waals surface area contributed by atoms with Gasteiger partial charge in [0.1, 0.15) is 37.1 Å². The number of nitrogens with one attached hydrogen (secondary N) is 1. The predicted molar refractivity (Wildman–Crippen MR) is 174 cm³/mol. The van der Waals surface area contributed by atoms with Gasteiger partial charge in [0, 0.05) is 30.5 Å². The van der Waals surface area contributed by atoms with Crippen LogP contribution in [-0.2, 0) is 29.0 Å². The molecular weight excluding hydrogens is 621 g/mol. The Hall–Kier alpha value is -5.58. The van der Waals surface area contributed by atoms with Gasteiger partial charge in [-0.25, -0.2) is 4.39 Å². The number of ether oxygens (including phenoxy) is 4. The van der Waals surface area contributed by atoms with E-state index in [4.69, 9.17) is 24.1 Å². The van der Waals surface area contributed by atoms with Gasteiger partial charge in [0.05, 0.1) is 6.61 Å². The van der Waals surface area contributed by atoms with Gasteiger partial charge in [-0.1, -0.05) is 30.3 Å².